The van der Waals surface area contributed by atoms with Gasteiger partial charge in [-0.25, -0.2) is 31.5 Å². The first-order chi connectivity index (χ1) is 22.6. The molecule has 2 aliphatic rings. The number of sulfone groups is 1. The van der Waals surface area contributed by atoms with Gasteiger partial charge in [0.2, 0.25) is 5.91 Å². The van der Waals surface area contributed by atoms with Crippen LogP contribution in [-0.4, -0.2) is 70.7 Å². The van der Waals surface area contributed by atoms with Crippen molar-refractivity contribution in [1.82, 2.24) is 24.4 Å². The van der Waals surface area contributed by atoms with Crippen molar-refractivity contribution in [3.63, 3.8) is 0 Å². The molecule has 1 saturated heterocycles. The first kappa shape index (κ1) is 33.2. The zero-order chi connectivity index (χ0) is 34.7. The molecule has 1 saturated carbocycles. The van der Waals surface area contributed by atoms with Crippen molar-refractivity contribution in [1.29, 1.82) is 0 Å². The highest BCUT2D eigenvalue weighted by molar-refractivity contribution is 7.90. The number of fused-ring (bicyclic) bond motifs is 1. The fraction of sp³-hybridized carbons (Fsp3) is 0.344. The number of halogens is 5. The van der Waals surface area contributed by atoms with E-state index in [0.29, 0.717) is 36.6 Å². The molecule has 1 atom stereocenters. The first-order valence-electron chi connectivity index (χ1n) is 15.0. The van der Waals surface area contributed by atoms with Crippen molar-refractivity contribution in [2.75, 3.05) is 30.8 Å². The third-order valence-electron chi connectivity index (χ3n) is 8.81. The average Bonchev–Trinajstić information content (AvgIpc) is 2.98. The van der Waals surface area contributed by atoms with Gasteiger partial charge in [-0.05, 0) is 61.6 Å². The lowest BCUT2D eigenvalue weighted by atomic mass is 9.80. The minimum absolute atomic E-state index is 0.0714. The number of pyridine rings is 2. The van der Waals surface area contributed by atoms with E-state index in [9.17, 15) is 35.6 Å². The number of piperazine rings is 1. The summed E-state index contributed by atoms with van der Waals surface area (Å²) in [6.45, 7) is 5.73. The topological polar surface area (TPSA) is 118 Å². The summed E-state index contributed by atoms with van der Waals surface area (Å²) in [5, 5.41) is -0.119. The van der Waals surface area contributed by atoms with Crippen LogP contribution in [0.2, 0.25) is 0 Å². The molecule has 1 aliphatic heterocycles. The maximum atomic E-state index is 16.1. The minimum Gasteiger partial charge on any atom is -0.350 e. The summed E-state index contributed by atoms with van der Waals surface area (Å²) in [6.07, 6.45) is 1.64. The van der Waals surface area contributed by atoms with Crippen LogP contribution in [0.4, 0.5) is 27.8 Å². The van der Waals surface area contributed by atoms with Crippen LogP contribution < -0.4 is 10.6 Å². The standard InChI is InChI=1S/C32H29F5N6O4S/c1-4-26(44)41-10-11-42(17(2)16-41)29-21-13-24(34)27(20-12-19(33)8-9-23(20)32(35,36)37)39-30(21)43(31(45)40-29)28-22(18-6-5-7-18)14-38-15-25(28)48(3,46)47/h4,8-9,12-15,17-18H,1,5-7,10-11,16H2,2-3H3/t17-/m0/s1. The first-order valence-corrected chi connectivity index (χ1v) is 16.9. The Kier molecular flexibility index (Phi) is 8.34. The van der Waals surface area contributed by atoms with E-state index in [1.165, 1.54) is 11.1 Å². The smallest absolute Gasteiger partial charge is 0.350 e. The molecule has 0 radical (unpaired) electrons. The molecule has 252 valence electrons. The number of aromatic nitrogens is 4. The van der Waals surface area contributed by atoms with Crippen LogP contribution in [0, 0.1) is 11.6 Å². The highest BCUT2D eigenvalue weighted by atomic mass is 32.2. The molecule has 0 spiro atoms. The third-order valence-corrected chi connectivity index (χ3v) is 9.91. The summed E-state index contributed by atoms with van der Waals surface area (Å²) < 4.78 is 99.8. The molecule has 1 aromatic carbocycles. The summed E-state index contributed by atoms with van der Waals surface area (Å²) in [5.74, 6) is -2.95. The molecule has 1 amide bonds. The minimum atomic E-state index is -5.03. The van der Waals surface area contributed by atoms with Gasteiger partial charge in [0.1, 0.15) is 28.0 Å². The molecule has 6 rings (SSSR count). The Labute approximate surface area is 271 Å². The second-order valence-electron chi connectivity index (χ2n) is 11.9. The molecule has 16 heteroatoms. The number of alkyl halides is 3. The maximum Gasteiger partial charge on any atom is 0.417 e. The zero-order valence-electron chi connectivity index (χ0n) is 25.8. The Morgan fingerprint density at radius 1 is 1.08 bits per heavy atom. The average molecular weight is 689 g/mol. The van der Waals surface area contributed by atoms with E-state index in [4.69, 9.17) is 0 Å². The van der Waals surface area contributed by atoms with E-state index in [0.717, 1.165) is 35.6 Å². The second-order valence-corrected chi connectivity index (χ2v) is 13.9. The lowest BCUT2D eigenvalue weighted by Gasteiger charge is -2.40. The summed E-state index contributed by atoms with van der Waals surface area (Å²) in [5.41, 5.74) is -4.39. The molecular weight excluding hydrogens is 659 g/mol. The van der Waals surface area contributed by atoms with E-state index in [1.54, 1.807) is 11.8 Å². The highest BCUT2D eigenvalue weighted by Gasteiger charge is 2.37. The Morgan fingerprint density at radius 3 is 2.42 bits per heavy atom. The molecule has 4 aromatic rings. The summed E-state index contributed by atoms with van der Waals surface area (Å²) >= 11 is 0. The largest absolute Gasteiger partial charge is 0.417 e. The zero-order valence-corrected chi connectivity index (χ0v) is 26.6. The lowest BCUT2D eigenvalue weighted by Crippen LogP contribution is -2.54. The highest BCUT2D eigenvalue weighted by Crippen LogP contribution is 2.43. The van der Waals surface area contributed by atoms with Crippen LogP contribution in [0.15, 0.2) is 59.0 Å². The van der Waals surface area contributed by atoms with Crippen LogP contribution in [0.25, 0.3) is 28.0 Å². The molecule has 2 fully saturated rings. The van der Waals surface area contributed by atoms with Gasteiger partial charge in [-0.2, -0.15) is 18.2 Å². The van der Waals surface area contributed by atoms with Crippen molar-refractivity contribution in [3.05, 3.63) is 82.6 Å². The second kappa shape index (κ2) is 12.1. The van der Waals surface area contributed by atoms with E-state index in [1.807, 2.05) is 0 Å². The van der Waals surface area contributed by atoms with Gasteiger partial charge in [0.05, 0.1) is 16.6 Å². The van der Waals surface area contributed by atoms with Gasteiger partial charge in [0.25, 0.3) is 0 Å². The number of rotatable bonds is 6. The van der Waals surface area contributed by atoms with E-state index in [-0.39, 0.29) is 53.2 Å². The summed E-state index contributed by atoms with van der Waals surface area (Å²) in [7, 11) is -4.07. The predicted molar refractivity (Wildman–Crippen MR) is 167 cm³/mol. The molecule has 0 unspecified atom stereocenters. The number of carbonyl (C=O) groups excluding carboxylic acids is 1. The summed E-state index contributed by atoms with van der Waals surface area (Å²) in [6, 6.07) is 1.93. The lowest BCUT2D eigenvalue weighted by molar-refractivity contribution is -0.137. The fourth-order valence-corrected chi connectivity index (χ4v) is 7.07. The number of hydrogen-bond donors (Lipinski definition) is 0. The van der Waals surface area contributed by atoms with Crippen LogP contribution in [-0.2, 0) is 20.8 Å². The Hall–Kier alpha value is -4.73. The van der Waals surface area contributed by atoms with Crippen molar-refractivity contribution < 1.29 is 35.2 Å². The number of nitrogens with zero attached hydrogens (tertiary/aromatic N) is 6. The number of benzene rings is 1. The Morgan fingerprint density at radius 2 is 1.81 bits per heavy atom. The Balaban J connectivity index is 1.70. The fourth-order valence-electron chi connectivity index (χ4n) is 6.25. The monoisotopic (exact) mass is 688 g/mol. The van der Waals surface area contributed by atoms with Crippen LogP contribution >= 0.6 is 0 Å². The van der Waals surface area contributed by atoms with Crippen molar-refractivity contribution >= 4 is 32.6 Å². The number of carbonyl (C=O) groups is 1. The number of anilines is 1. The molecule has 3 aromatic heterocycles. The van der Waals surface area contributed by atoms with Crippen LogP contribution in [0.3, 0.4) is 0 Å². The Bertz CT molecular complexity index is 2150. The molecule has 48 heavy (non-hydrogen) atoms. The van der Waals surface area contributed by atoms with Crippen molar-refractivity contribution in [3.8, 4) is 16.9 Å². The van der Waals surface area contributed by atoms with Gasteiger partial charge in [-0.15, -0.1) is 0 Å². The van der Waals surface area contributed by atoms with Gasteiger partial charge in [0, 0.05) is 49.9 Å². The van der Waals surface area contributed by atoms with Crippen LogP contribution in [0.5, 0.6) is 0 Å². The summed E-state index contributed by atoms with van der Waals surface area (Å²) in [4.78, 5) is 41.9. The van der Waals surface area contributed by atoms with E-state index < -0.39 is 61.8 Å². The molecule has 0 N–H and O–H groups in total. The molecular formula is C32H29F5N6O4S. The normalized spacial score (nSPS) is 17.4. The van der Waals surface area contributed by atoms with Crippen molar-refractivity contribution in [2.24, 2.45) is 0 Å². The molecule has 4 heterocycles. The SMILES string of the molecule is C=CC(=O)N1CCN(c2nc(=O)n(-c3c(C4CCC4)cncc3S(C)(=O)=O)c3nc(-c4cc(F)ccc4C(F)(F)F)c(F)cc23)[C@@H](C)C1. The van der Waals surface area contributed by atoms with Gasteiger partial charge in [-0.1, -0.05) is 13.0 Å². The predicted octanol–water partition coefficient (Wildman–Crippen LogP) is 5.03. The molecule has 0 bridgehead atoms. The third kappa shape index (κ3) is 5.82. The molecule has 10 nitrogen and oxygen atoms in total. The van der Waals surface area contributed by atoms with Gasteiger partial charge < -0.3 is 9.80 Å². The maximum absolute atomic E-state index is 16.1. The van der Waals surface area contributed by atoms with Crippen molar-refractivity contribution in [2.45, 2.75) is 49.2 Å². The number of hydrogen-bond acceptors (Lipinski definition) is 8. The van der Waals surface area contributed by atoms with E-state index >= 15 is 4.39 Å². The number of amides is 1. The van der Waals surface area contributed by atoms with Gasteiger partial charge >= 0.3 is 11.9 Å². The quantitative estimate of drug-likeness (QED) is 0.205. The molecule has 1 aliphatic carbocycles. The van der Waals surface area contributed by atoms with Crippen LogP contribution in [0.1, 0.15) is 43.2 Å². The van der Waals surface area contributed by atoms with Gasteiger partial charge in [0.15, 0.2) is 15.5 Å². The van der Waals surface area contributed by atoms with Gasteiger partial charge in [-0.3, -0.25) is 9.78 Å². The van der Waals surface area contributed by atoms with E-state index in [2.05, 4.69) is 21.5 Å².